The summed E-state index contributed by atoms with van der Waals surface area (Å²) in [5.41, 5.74) is 2.47. The lowest BCUT2D eigenvalue weighted by atomic mass is 10.1. The molecule has 0 saturated carbocycles. The number of hydrogen-bond acceptors (Lipinski definition) is 4. The van der Waals surface area contributed by atoms with Gasteiger partial charge in [-0.2, -0.15) is 0 Å². The average molecular weight is 396 g/mol. The maximum Gasteiger partial charge on any atom is 0.289 e. The molecule has 29 heavy (non-hydrogen) atoms. The van der Waals surface area contributed by atoms with Crippen molar-refractivity contribution in [1.29, 1.82) is 0 Å². The maximum atomic E-state index is 13.6. The fraction of sp³-hybridized carbons (Fsp3) is 0.348. The molecule has 3 aromatic rings. The number of fused-ring (bicyclic) bond motifs is 1. The first-order valence-corrected chi connectivity index (χ1v) is 9.88. The zero-order valence-electron chi connectivity index (χ0n) is 16.8. The molecule has 0 N–H and O–H groups in total. The molecule has 1 fully saturated rings. The Morgan fingerprint density at radius 2 is 1.90 bits per heavy atom. The molecular weight excluding hydrogens is 371 g/mol. The summed E-state index contributed by atoms with van der Waals surface area (Å²) in [4.78, 5) is 17.3. The topological polar surface area (TPSA) is 45.9 Å². The summed E-state index contributed by atoms with van der Waals surface area (Å²) in [7, 11) is 1.66. The molecule has 5 nitrogen and oxygen atoms in total. The minimum Gasteiger partial charge on any atom is -0.497 e. The van der Waals surface area contributed by atoms with Crippen molar-refractivity contribution in [3.05, 3.63) is 65.2 Å². The Kier molecular flexibility index (Phi) is 5.53. The molecule has 2 aromatic carbocycles. The Hall–Kier alpha value is -2.86. The van der Waals surface area contributed by atoms with Crippen molar-refractivity contribution in [3.8, 4) is 5.75 Å². The van der Waals surface area contributed by atoms with Crippen LogP contribution in [0.4, 0.5) is 4.39 Å². The van der Waals surface area contributed by atoms with E-state index in [4.69, 9.17) is 9.15 Å². The molecule has 1 amide bonds. The average Bonchev–Trinajstić information content (AvgIpc) is 2.90. The fourth-order valence-electron chi connectivity index (χ4n) is 3.86. The van der Waals surface area contributed by atoms with E-state index in [1.807, 2.05) is 24.0 Å². The Bertz CT molecular complexity index is 1010. The number of carbonyl (C=O) groups excluding carboxylic acids is 1. The quantitative estimate of drug-likeness (QED) is 0.662. The lowest BCUT2D eigenvalue weighted by Gasteiger charge is -2.21. The molecule has 0 atom stereocenters. The van der Waals surface area contributed by atoms with Gasteiger partial charge < -0.3 is 14.1 Å². The molecule has 152 valence electrons. The number of methoxy groups -OCH3 is 1. The molecule has 0 unspecified atom stereocenters. The lowest BCUT2D eigenvalue weighted by molar-refractivity contribution is 0.0730. The molecule has 1 aliphatic rings. The number of ether oxygens (including phenoxy) is 1. The number of rotatable bonds is 4. The summed E-state index contributed by atoms with van der Waals surface area (Å²) in [5.74, 6) is 0.714. The highest BCUT2D eigenvalue weighted by atomic mass is 19.1. The van der Waals surface area contributed by atoms with Gasteiger partial charge in [0.2, 0.25) is 0 Å². The largest absolute Gasteiger partial charge is 0.497 e. The summed E-state index contributed by atoms with van der Waals surface area (Å²) in [5, 5.41) is 0.657. The molecule has 1 saturated heterocycles. The Morgan fingerprint density at radius 1 is 1.10 bits per heavy atom. The number of amides is 1. The SMILES string of the molecule is COc1ccc(CN2CCCN(C(=O)c3oc4ccc(F)cc4c3C)CC2)cc1. The fourth-order valence-corrected chi connectivity index (χ4v) is 3.86. The van der Waals surface area contributed by atoms with E-state index in [1.54, 1.807) is 13.2 Å². The standard InChI is InChI=1S/C23H25FN2O3/c1-16-20-14-18(24)6-9-21(20)29-22(16)23(27)26-11-3-10-25(12-13-26)15-17-4-7-19(28-2)8-5-17/h4-9,14H,3,10-13,15H2,1-2H3. The highest BCUT2D eigenvalue weighted by Gasteiger charge is 2.25. The van der Waals surface area contributed by atoms with Crippen molar-refractivity contribution in [2.45, 2.75) is 19.9 Å². The van der Waals surface area contributed by atoms with Crippen LogP contribution in [0.2, 0.25) is 0 Å². The number of benzene rings is 2. The summed E-state index contributed by atoms with van der Waals surface area (Å²) < 4.78 is 24.5. The van der Waals surface area contributed by atoms with Crippen LogP contribution < -0.4 is 4.74 Å². The molecular formula is C23H25FN2O3. The van der Waals surface area contributed by atoms with Crippen LogP contribution in [0.3, 0.4) is 0 Å². The van der Waals surface area contributed by atoms with Crippen LogP contribution in [0.1, 0.15) is 28.1 Å². The minimum atomic E-state index is -0.329. The highest BCUT2D eigenvalue weighted by molar-refractivity contribution is 5.99. The summed E-state index contributed by atoms with van der Waals surface area (Å²) in [6.07, 6.45) is 0.899. The summed E-state index contributed by atoms with van der Waals surface area (Å²) in [6, 6.07) is 12.4. The van der Waals surface area contributed by atoms with Crippen molar-refractivity contribution < 1.29 is 18.3 Å². The van der Waals surface area contributed by atoms with Gasteiger partial charge in [-0.3, -0.25) is 9.69 Å². The van der Waals surface area contributed by atoms with Gasteiger partial charge in [-0.15, -0.1) is 0 Å². The van der Waals surface area contributed by atoms with Crippen LogP contribution >= 0.6 is 0 Å². The number of halogens is 1. The van der Waals surface area contributed by atoms with Crippen molar-refractivity contribution in [3.63, 3.8) is 0 Å². The third kappa shape index (κ3) is 4.12. The third-order valence-corrected chi connectivity index (χ3v) is 5.53. The molecule has 6 heteroatoms. The molecule has 0 aliphatic carbocycles. The van der Waals surface area contributed by atoms with Crippen molar-refractivity contribution in [2.75, 3.05) is 33.3 Å². The van der Waals surface area contributed by atoms with Crippen LogP contribution in [0.5, 0.6) is 5.75 Å². The third-order valence-electron chi connectivity index (χ3n) is 5.53. The second-order valence-corrected chi connectivity index (χ2v) is 7.47. The van der Waals surface area contributed by atoms with Gasteiger partial charge in [0.05, 0.1) is 7.11 Å². The molecule has 0 spiro atoms. The minimum absolute atomic E-state index is 0.120. The summed E-state index contributed by atoms with van der Waals surface area (Å²) in [6.45, 7) is 5.70. The predicted molar refractivity (Wildman–Crippen MR) is 110 cm³/mol. The van der Waals surface area contributed by atoms with Crippen molar-refractivity contribution in [2.24, 2.45) is 0 Å². The first kappa shape index (κ1) is 19.5. The van der Waals surface area contributed by atoms with E-state index in [2.05, 4.69) is 17.0 Å². The number of furan rings is 1. The van der Waals surface area contributed by atoms with E-state index in [0.29, 0.717) is 35.4 Å². The number of hydrogen-bond donors (Lipinski definition) is 0. The van der Waals surface area contributed by atoms with Crippen LogP contribution in [0.25, 0.3) is 11.0 Å². The molecule has 0 bridgehead atoms. The highest BCUT2D eigenvalue weighted by Crippen LogP contribution is 2.27. The Morgan fingerprint density at radius 3 is 2.66 bits per heavy atom. The first-order valence-electron chi connectivity index (χ1n) is 9.88. The van der Waals surface area contributed by atoms with Crippen molar-refractivity contribution in [1.82, 2.24) is 9.80 Å². The second-order valence-electron chi connectivity index (χ2n) is 7.47. The van der Waals surface area contributed by atoms with Crippen LogP contribution in [0, 0.1) is 12.7 Å². The summed E-state index contributed by atoms with van der Waals surface area (Å²) >= 11 is 0. The molecule has 1 aromatic heterocycles. The molecule has 4 rings (SSSR count). The van der Waals surface area contributed by atoms with Gasteiger partial charge in [0.1, 0.15) is 17.1 Å². The van der Waals surface area contributed by atoms with Crippen LogP contribution in [-0.4, -0.2) is 49.0 Å². The van der Waals surface area contributed by atoms with E-state index >= 15 is 0 Å². The van der Waals surface area contributed by atoms with Gasteiger partial charge >= 0.3 is 0 Å². The van der Waals surface area contributed by atoms with Crippen LogP contribution in [0.15, 0.2) is 46.9 Å². The Labute approximate surface area is 169 Å². The zero-order chi connectivity index (χ0) is 20.4. The van der Waals surface area contributed by atoms with Gasteiger partial charge in [-0.05, 0) is 49.2 Å². The van der Waals surface area contributed by atoms with E-state index in [1.165, 1.54) is 17.7 Å². The van der Waals surface area contributed by atoms with Crippen LogP contribution in [-0.2, 0) is 6.54 Å². The second kappa shape index (κ2) is 8.25. The first-order chi connectivity index (χ1) is 14.0. The van der Waals surface area contributed by atoms with Crippen molar-refractivity contribution >= 4 is 16.9 Å². The monoisotopic (exact) mass is 396 g/mol. The van der Waals surface area contributed by atoms with Gasteiger partial charge in [0, 0.05) is 43.7 Å². The normalized spacial score (nSPS) is 15.5. The van der Waals surface area contributed by atoms with E-state index in [9.17, 15) is 9.18 Å². The van der Waals surface area contributed by atoms with Gasteiger partial charge in [0.25, 0.3) is 5.91 Å². The number of nitrogens with zero attached hydrogens (tertiary/aromatic N) is 2. The maximum absolute atomic E-state index is 13.6. The lowest BCUT2D eigenvalue weighted by Crippen LogP contribution is -2.35. The van der Waals surface area contributed by atoms with E-state index < -0.39 is 0 Å². The van der Waals surface area contributed by atoms with E-state index in [0.717, 1.165) is 31.8 Å². The van der Waals surface area contributed by atoms with E-state index in [-0.39, 0.29) is 11.7 Å². The Balaban J connectivity index is 1.44. The van der Waals surface area contributed by atoms with Gasteiger partial charge in [-0.25, -0.2) is 4.39 Å². The van der Waals surface area contributed by atoms with Gasteiger partial charge in [-0.1, -0.05) is 12.1 Å². The smallest absolute Gasteiger partial charge is 0.289 e. The molecule has 2 heterocycles. The zero-order valence-corrected chi connectivity index (χ0v) is 16.8. The number of aryl methyl sites for hydroxylation is 1. The molecule has 0 radical (unpaired) electrons. The predicted octanol–water partition coefficient (Wildman–Crippen LogP) is 4.24. The number of carbonyl (C=O) groups is 1. The molecule has 1 aliphatic heterocycles. The van der Waals surface area contributed by atoms with Gasteiger partial charge in [0.15, 0.2) is 5.76 Å².